The molecule has 0 radical (unpaired) electrons. The first kappa shape index (κ1) is 15.5. The van der Waals surface area contributed by atoms with E-state index in [1.807, 2.05) is 4.90 Å². The highest BCUT2D eigenvalue weighted by molar-refractivity contribution is 7.10. The number of carbonyl (C=O) groups is 2. The van der Waals surface area contributed by atoms with E-state index in [4.69, 9.17) is 5.73 Å². The molecule has 3 heterocycles. The molecule has 1 aliphatic rings. The average Bonchev–Trinajstić information content (AvgIpc) is 3.02. The van der Waals surface area contributed by atoms with Crippen LogP contribution in [0.2, 0.25) is 0 Å². The van der Waals surface area contributed by atoms with E-state index in [0.29, 0.717) is 18.1 Å². The zero-order chi connectivity index (χ0) is 16.2. The maximum atomic E-state index is 12.3. The monoisotopic (exact) mass is 330 g/mol. The van der Waals surface area contributed by atoms with Crippen LogP contribution < -0.4 is 11.1 Å². The standard InChI is InChI=1S/C16H18N4O2S/c17-14-2-1-12(9-18-14)19-15(21)3-4-16(22)20-7-5-13-11(10-20)6-8-23-13/h1-2,6,8-9H,3-5,7,10H2,(H2,17,18)(H,19,21). The number of carbonyl (C=O) groups excluding carboxylic acids is 2. The van der Waals surface area contributed by atoms with Crippen molar-refractivity contribution in [1.82, 2.24) is 9.88 Å². The lowest BCUT2D eigenvalue weighted by Gasteiger charge is -2.27. The van der Waals surface area contributed by atoms with Crippen molar-refractivity contribution in [1.29, 1.82) is 0 Å². The normalized spacial score (nSPS) is 13.5. The molecule has 7 heteroatoms. The van der Waals surface area contributed by atoms with Crippen molar-refractivity contribution in [2.45, 2.75) is 25.8 Å². The third kappa shape index (κ3) is 3.87. The number of anilines is 2. The van der Waals surface area contributed by atoms with Gasteiger partial charge in [0.1, 0.15) is 5.82 Å². The first-order valence-corrected chi connectivity index (χ1v) is 8.34. The first-order valence-electron chi connectivity index (χ1n) is 7.46. The predicted molar refractivity (Wildman–Crippen MR) is 90.0 cm³/mol. The molecule has 6 nitrogen and oxygen atoms in total. The van der Waals surface area contributed by atoms with E-state index in [-0.39, 0.29) is 24.7 Å². The van der Waals surface area contributed by atoms with Crippen LogP contribution in [0.3, 0.4) is 0 Å². The third-order valence-corrected chi connectivity index (χ3v) is 4.82. The van der Waals surface area contributed by atoms with Crippen LogP contribution in [-0.2, 0) is 22.6 Å². The molecule has 0 saturated heterocycles. The summed E-state index contributed by atoms with van der Waals surface area (Å²) in [6.45, 7) is 1.39. The zero-order valence-electron chi connectivity index (χ0n) is 12.6. The molecular formula is C16H18N4O2S. The van der Waals surface area contributed by atoms with Gasteiger partial charge in [-0.1, -0.05) is 0 Å². The van der Waals surface area contributed by atoms with E-state index in [2.05, 4.69) is 21.7 Å². The summed E-state index contributed by atoms with van der Waals surface area (Å²) >= 11 is 1.74. The maximum Gasteiger partial charge on any atom is 0.224 e. The highest BCUT2D eigenvalue weighted by Crippen LogP contribution is 2.24. The van der Waals surface area contributed by atoms with Crippen LogP contribution in [0.4, 0.5) is 11.5 Å². The minimum absolute atomic E-state index is 0.0208. The molecule has 3 rings (SSSR count). The fourth-order valence-corrected chi connectivity index (χ4v) is 3.43. The number of amides is 2. The Bertz CT molecular complexity index is 711. The van der Waals surface area contributed by atoms with Crippen LogP contribution in [0, 0.1) is 0 Å². The molecule has 23 heavy (non-hydrogen) atoms. The molecule has 0 spiro atoms. The Balaban J connectivity index is 1.47. The summed E-state index contributed by atoms with van der Waals surface area (Å²) in [6.07, 6.45) is 2.78. The summed E-state index contributed by atoms with van der Waals surface area (Å²) in [4.78, 5) is 31.3. The van der Waals surface area contributed by atoms with Gasteiger partial charge in [-0.25, -0.2) is 4.98 Å². The number of hydrogen-bond acceptors (Lipinski definition) is 5. The van der Waals surface area contributed by atoms with E-state index in [9.17, 15) is 9.59 Å². The van der Waals surface area contributed by atoms with Crippen molar-refractivity contribution >= 4 is 34.7 Å². The summed E-state index contributed by atoms with van der Waals surface area (Å²) in [5.74, 6) is 0.224. The second-order valence-electron chi connectivity index (χ2n) is 5.45. The maximum absolute atomic E-state index is 12.3. The number of nitrogens with two attached hydrogens (primary N) is 1. The molecule has 120 valence electrons. The molecule has 0 fully saturated rings. The second-order valence-corrected chi connectivity index (χ2v) is 6.45. The van der Waals surface area contributed by atoms with E-state index >= 15 is 0 Å². The number of pyridine rings is 1. The van der Waals surface area contributed by atoms with Gasteiger partial charge in [0.25, 0.3) is 0 Å². The second kappa shape index (κ2) is 6.78. The van der Waals surface area contributed by atoms with Crippen molar-refractivity contribution in [3.05, 3.63) is 40.2 Å². The summed E-state index contributed by atoms with van der Waals surface area (Å²) < 4.78 is 0. The van der Waals surface area contributed by atoms with Crippen LogP contribution in [-0.4, -0.2) is 28.2 Å². The third-order valence-electron chi connectivity index (χ3n) is 3.80. The predicted octanol–water partition coefficient (Wildman–Crippen LogP) is 2.03. The van der Waals surface area contributed by atoms with Crippen LogP contribution in [0.5, 0.6) is 0 Å². The van der Waals surface area contributed by atoms with Gasteiger partial charge < -0.3 is 16.0 Å². The van der Waals surface area contributed by atoms with E-state index < -0.39 is 0 Å². The Labute approximate surface area is 138 Å². The molecule has 2 aromatic heterocycles. The van der Waals surface area contributed by atoms with Crippen molar-refractivity contribution in [3.63, 3.8) is 0 Å². The van der Waals surface area contributed by atoms with Gasteiger partial charge >= 0.3 is 0 Å². The highest BCUT2D eigenvalue weighted by Gasteiger charge is 2.21. The Morgan fingerprint density at radius 1 is 1.30 bits per heavy atom. The Morgan fingerprint density at radius 3 is 2.96 bits per heavy atom. The van der Waals surface area contributed by atoms with Crippen molar-refractivity contribution in [3.8, 4) is 0 Å². The summed E-state index contributed by atoms with van der Waals surface area (Å²) in [7, 11) is 0. The van der Waals surface area contributed by atoms with Gasteiger partial charge in [-0.2, -0.15) is 0 Å². The van der Waals surface area contributed by atoms with Gasteiger partial charge in [0.05, 0.1) is 11.9 Å². The van der Waals surface area contributed by atoms with Crippen molar-refractivity contribution in [2.75, 3.05) is 17.6 Å². The summed E-state index contributed by atoms with van der Waals surface area (Å²) in [6, 6.07) is 5.37. The van der Waals surface area contributed by atoms with Gasteiger partial charge in [-0.05, 0) is 35.6 Å². The van der Waals surface area contributed by atoms with Crippen LogP contribution in [0.1, 0.15) is 23.3 Å². The molecule has 2 aromatic rings. The molecule has 0 aromatic carbocycles. The molecule has 0 aliphatic carbocycles. The number of nitrogens with zero attached hydrogens (tertiary/aromatic N) is 2. The lowest BCUT2D eigenvalue weighted by atomic mass is 10.1. The minimum atomic E-state index is -0.196. The number of aromatic nitrogens is 1. The largest absolute Gasteiger partial charge is 0.384 e. The van der Waals surface area contributed by atoms with Crippen LogP contribution >= 0.6 is 11.3 Å². The molecule has 0 saturated carbocycles. The van der Waals surface area contributed by atoms with Crippen molar-refractivity contribution < 1.29 is 9.59 Å². The van der Waals surface area contributed by atoms with Crippen LogP contribution in [0.25, 0.3) is 0 Å². The number of thiophene rings is 1. The number of hydrogen-bond donors (Lipinski definition) is 2. The fraction of sp³-hybridized carbons (Fsp3) is 0.312. The molecular weight excluding hydrogens is 312 g/mol. The summed E-state index contributed by atoms with van der Waals surface area (Å²) in [5, 5.41) is 4.78. The topological polar surface area (TPSA) is 88.3 Å². The van der Waals surface area contributed by atoms with Crippen LogP contribution in [0.15, 0.2) is 29.8 Å². The van der Waals surface area contributed by atoms with E-state index in [0.717, 1.165) is 13.0 Å². The number of fused-ring (bicyclic) bond motifs is 1. The first-order chi connectivity index (χ1) is 11.1. The molecule has 0 unspecified atom stereocenters. The smallest absolute Gasteiger partial charge is 0.224 e. The molecule has 0 bridgehead atoms. The summed E-state index contributed by atoms with van der Waals surface area (Å²) in [5.41, 5.74) is 7.30. The SMILES string of the molecule is Nc1ccc(NC(=O)CCC(=O)N2CCc3sccc3C2)cn1. The van der Waals surface area contributed by atoms with Gasteiger partial charge in [0, 0.05) is 30.8 Å². The molecule has 2 amide bonds. The van der Waals surface area contributed by atoms with Gasteiger partial charge in [-0.15, -0.1) is 11.3 Å². The van der Waals surface area contributed by atoms with E-state index in [1.165, 1.54) is 16.6 Å². The Hall–Kier alpha value is -2.41. The Kier molecular flexibility index (Phi) is 4.57. The minimum Gasteiger partial charge on any atom is -0.384 e. The van der Waals surface area contributed by atoms with Gasteiger partial charge in [0.2, 0.25) is 11.8 Å². The molecule has 1 aliphatic heterocycles. The number of rotatable bonds is 4. The Morgan fingerprint density at radius 2 is 2.17 bits per heavy atom. The van der Waals surface area contributed by atoms with Crippen molar-refractivity contribution in [2.24, 2.45) is 0 Å². The lowest BCUT2D eigenvalue weighted by Crippen LogP contribution is -2.35. The van der Waals surface area contributed by atoms with E-state index in [1.54, 1.807) is 23.5 Å². The average molecular weight is 330 g/mol. The fourth-order valence-electron chi connectivity index (χ4n) is 2.54. The van der Waals surface area contributed by atoms with Gasteiger partial charge in [0.15, 0.2) is 0 Å². The number of nitrogens with one attached hydrogen (secondary N) is 1. The molecule has 0 atom stereocenters. The quantitative estimate of drug-likeness (QED) is 0.898. The zero-order valence-corrected chi connectivity index (χ0v) is 13.4. The highest BCUT2D eigenvalue weighted by atomic mass is 32.1. The molecule has 3 N–H and O–H groups in total. The van der Waals surface area contributed by atoms with Gasteiger partial charge in [-0.3, -0.25) is 9.59 Å². The lowest BCUT2D eigenvalue weighted by molar-refractivity contribution is -0.133. The number of nitrogen functional groups attached to an aromatic ring is 1.